The molecule has 0 bridgehead atoms. The molecule has 4 rings (SSSR count). The molecule has 2 N–H and O–H groups in total. The number of likely N-dealkylation sites (N-methyl/N-ethyl adjacent to an activating group) is 1. The van der Waals surface area contributed by atoms with Crippen LogP contribution in [-0.4, -0.2) is 66.6 Å². The predicted octanol–water partition coefficient (Wildman–Crippen LogP) is 1.91. The maximum atomic E-state index is 13.2. The number of aromatic nitrogens is 1. The van der Waals surface area contributed by atoms with Gasteiger partial charge in [0.25, 0.3) is 11.8 Å². The van der Waals surface area contributed by atoms with Crippen LogP contribution >= 0.6 is 11.3 Å². The lowest BCUT2D eigenvalue weighted by Crippen LogP contribution is -2.53. The fourth-order valence-corrected chi connectivity index (χ4v) is 4.47. The zero-order chi connectivity index (χ0) is 22.0. The number of thiazole rings is 1. The molecule has 1 saturated heterocycles. The minimum absolute atomic E-state index is 0.0720. The third-order valence-corrected chi connectivity index (χ3v) is 6.21. The number of ether oxygens (including phenoxy) is 2. The van der Waals surface area contributed by atoms with E-state index in [0.717, 1.165) is 0 Å². The maximum absolute atomic E-state index is 13.2. The number of carbonyl (C=O) groups excluding carboxylic acids is 3. The molecule has 1 aromatic heterocycles. The zero-order valence-corrected chi connectivity index (χ0v) is 18.1. The molecule has 3 atom stereocenters. The lowest BCUT2D eigenvalue weighted by molar-refractivity contribution is -0.133. The summed E-state index contributed by atoms with van der Waals surface area (Å²) in [6.07, 6.45) is 1.16. The Labute approximate surface area is 183 Å². The second-order valence-electron chi connectivity index (χ2n) is 7.58. The lowest BCUT2D eigenvalue weighted by atomic mass is 9.94. The standard InChI is InChI=1S/C21H24N4O5S/c1-22-19(26)8-13-4-5-16-18(30-13)9-29-17-6-3-12(7-14(17)21(28)25(16)2)24-20(27)15-10-31-11-23-15/h3,6-7,10-11,13,16,18H,4-5,8-9H2,1-2H3,(H,22,26)(H,24,27)/t13-,16+,18+/m1/s1. The van der Waals surface area contributed by atoms with Crippen LogP contribution in [0.4, 0.5) is 5.69 Å². The predicted molar refractivity (Wildman–Crippen MR) is 114 cm³/mol. The van der Waals surface area contributed by atoms with Crippen LogP contribution in [0.2, 0.25) is 0 Å². The van der Waals surface area contributed by atoms with E-state index in [4.69, 9.17) is 9.47 Å². The number of fused-ring (bicyclic) bond motifs is 2. The normalized spacial score (nSPS) is 23.0. The van der Waals surface area contributed by atoms with Crippen LogP contribution in [0.1, 0.15) is 40.1 Å². The van der Waals surface area contributed by atoms with Crippen molar-refractivity contribution in [3.8, 4) is 5.75 Å². The number of nitrogens with zero attached hydrogens (tertiary/aromatic N) is 2. The van der Waals surface area contributed by atoms with Crippen LogP contribution in [0.15, 0.2) is 29.1 Å². The van der Waals surface area contributed by atoms with Gasteiger partial charge in [-0.1, -0.05) is 0 Å². The van der Waals surface area contributed by atoms with Crippen molar-refractivity contribution in [2.24, 2.45) is 0 Å². The van der Waals surface area contributed by atoms with Gasteiger partial charge in [-0.25, -0.2) is 4.98 Å². The Bertz CT molecular complexity index is 980. The molecule has 2 aromatic rings. The van der Waals surface area contributed by atoms with E-state index in [0.29, 0.717) is 35.5 Å². The average Bonchev–Trinajstić information content (AvgIpc) is 3.32. The van der Waals surface area contributed by atoms with E-state index in [-0.39, 0.29) is 49.0 Å². The lowest BCUT2D eigenvalue weighted by Gasteiger charge is -2.42. The molecule has 0 unspecified atom stereocenters. The van der Waals surface area contributed by atoms with E-state index in [1.165, 1.54) is 11.3 Å². The van der Waals surface area contributed by atoms with Crippen molar-refractivity contribution < 1.29 is 23.9 Å². The van der Waals surface area contributed by atoms with Gasteiger partial charge in [0.1, 0.15) is 24.2 Å². The van der Waals surface area contributed by atoms with Gasteiger partial charge in [0.15, 0.2) is 0 Å². The van der Waals surface area contributed by atoms with Crippen molar-refractivity contribution in [3.05, 3.63) is 40.3 Å². The molecule has 31 heavy (non-hydrogen) atoms. The Kier molecular flexibility index (Phi) is 6.19. The molecular formula is C21H24N4O5S. The Morgan fingerprint density at radius 1 is 1.32 bits per heavy atom. The molecule has 0 spiro atoms. The maximum Gasteiger partial charge on any atom is 0.275 e. The molecule has 164 valence electrons. The highest BCUT2D eigenvalue weighted by Crippen LogP contribution is 2.32. The van der Waals surface area contributed by atoms with Crippen LogP contribution in [0.5, 0.6) is 5.75 Å². The molecule has 3 amide bonds. The second kappa shape index (κ2) is 9.03. The van der Waals surface area contributed by atoms with Crippen molar-refractivity contribution in [3.63, 3.8) is 0 Å². The third-order valence-electron chi connectivity index (χ3n) is 5.63. The van der Waals surface area contributed by atoms with E-state index < -0.39 is 0 Å². The third kappa shape index (κ3) is 4.54. The van der Waals surface area contributed by atoms with Crippen molar-refractivity contribution in [2.75, 3.05) is 26.0 Å². The highest BCUT2D eigenvalue weighted by molar-refractivity contribution is 7.07. The molecule has 3 heterocycles. The van der Waals surface area contributed by atoms with E-state index >= 15 is 0 Å². The molecule has 9 nitrogen and oxygen atoms in total. The molecule has 1 fully saturated rings. The highest BCUT2D eigenvalue weighted by Gasteiger charge is 2.39. The van der Waals surface area contributed by atoms with Gasteiger partial charge in [0.05, 0.1) is 29.6 Å². The first-order valence-corrected chi connectivity index (χ1v) is 11.0. The van der Waals surface area contributed by atoms with Crippen molar-refractivity contribution in [2.45, 2.75) is 37.5 Å². The van der Waals surface area contributed by atoms with Gasteiger partial charge in [-0.05, 0) is 31.0 Å². The van der Waals surface area contributed by atoms with Gasteiger partial charge in [-0.15, -0.1) is 11.3 Å². The quantitative estimate of drug-likeness (QED) is 0.746. The summed E-state index contributed by atoms with van der Waals surface area (Å²) >= 11 is 1.34. The van der Waals surface area contributed by atoms with Crippen molar-refractivity contribution >= 4 is 34.7 Å². The molecule has 2 aliphatic heterocycles. The first-order valence-electron chi connectivity index (χ1n) is 10.1. The Hall–Kier alpha value is -2.98. The summed E-state index contributed by atoms with van der Waals surface area (Å²) in [6.45, 7) is 0.268. The summed E-state index contributed by atoms with van der Waals surface area (Å²) in [6, 6.07) is 4.82. The summed E-state index contributed by atoms with van der Waals surface area (Å²) < 4.78 is 12.0. The van der Waals surface area contributed by atoms with Crippen molar-refractivity contribution in [1.82, 2.24) is 15.2 Å². The molecule has 2 aliphatic rings. The minimum Gasteiger partial charge on any atom is -0.490 e. The van der Waals surface area contributed by atoms with Gasteiger partial charge in [0.2, 0.25) is 5.91 Å². The van der Waals surface area contributed by atoms with Crippen LogP contribution < -0.4 is 15.4 Å². The number of anilines is 1. The van der Waals surface area contributed by atoms with Crippen LogP contribution in [0.3, 0.4) is 0 Å². The second-order valence-corrected chi connectivity index (χ2v) is 8.30. The monoisotopic (exact) mass is 444 g/mol. The number of hydrogen-bond acceptors (Lipinski definition) is 7. The number of rotatable bonds is 4. The van der Waals surface area contributed by atoms with Gasteiger partial charge in [0, 0.05) is 25.2 Å². The number of amides is 3. The fourth-order valence-electron chi connectivity index (χ4n) is 3.93. The number of carbonyl (C=O) groups is 3. The topological polar surface area (TPSA) is 110 Å². The number of hydrogen-bond donors (Lipinski definition) is 2. The molecule has 0 aliphatic carbocycles. The summed E-state index contributed by atoms with van der Waals surface area (Å²) in [4.78, 5) is 42.9. The van der Waals surface area contributed by atoms with Gasteiger partial charge < -0.3 is 25.0 Å². The van der Waals surface area contributed by atoms with Crippen LogP contribution in [0.25, 0.3) is 0 Å². The Morgan fingerprint density at radius 2 is 2.16 bits per heavy atom. The molecule has 10 heteroatoms. The first-order chi connectivity index (χ1) is 15.0. The molecule has 0 saturated carbocycles. The Balaban J connectivity index is 1.52. The summed E-state index contributed by atoms with van der Waals surface area (Å²) in [5.41, 5.74) is 2.78. The zero-order valence-electron chi connectivity index (χ0n) is 17.3. The number of benzene rings is 1. The molecule has 0 radical (unpaired) electrons. The van der Waals surface area contributed by atoms with Crippen molar-refractivity contribution in [1.29, 1.82) is 0 Å². The minimum atomic E-state index is -0.336. The van der Waals surface area contributed by atoms with Gasteiger partial charge >= 0.3 is 0 Å². The summed E-state index contributed by atoms with van der Waals surface area (Å²) in [7, 11) is 3.35. The van der Waals surface area contributed by atoms with E-state index in [9.17, 15) is 14.4 Å². The van der Waals surface area contributed by atoms with E-state index in [1.54, 1.807) is 48.1 Å². The average molecular weight is 445 g/mol. The Morgan fingerprint density at radius 3 is 2.90 bits per heavy atom. The van der Waals surface area contributed by atoms with Crippen LogP contribution in [0, 0.1) is 0 Å². The molecular weight excluding hydrogens is 420 g/mol. The van der Waals surface area contributed by atoms with E-state index in [2.05, 4.69) is 15.6 Å². The number of nitrogens with one attached hydrogen (secondary N) is 2. The van der Waals surface area contributed by atoms with Gasteiger partial charge in [-0.3, -0.25) is 14.4 Å². The van der Waals surface area contributed by atoms with Gasteiger partial charge in [-0.2, -0.15) is 0 Å². The highest BCUT2D eigenvalue weighted by atomic mass is 32.1. The smallest absolute Gasteiger partial charge is 0.275 e. The molecule has 1 aromatic carbocycles. The first kappa shape index (κ1) is 21.3. The fraction of sp³-hybridized carbons (Fsp3) is 0.429. The summed E-state index contributed by atoms with van der Waals surface area (Å²) in [5, 5.41) is 7.04. The SMILES string of the molecule is CNC(=O)C[C@H]1CC[C@H]2[C@H](COc3ccc(NC(=O)c4cscn4)cc3C(=O)N2C)O1. The van der Waals surface area contributed by atoms with Crippen LogP contribution in [-0.2, 0) is 9.53 Å². The van der Waals surface area contributed by atoms with E-state index in [1.807, 2.05) is 0 Å². The largest absolute Gasteiger partial charge is 0.490 e. The summed E-state index contributed by atoms with van der Waals surface area (Å²) in [5.74, 6) is -0.185.